The largest absolute Gasteiger partial charge is 0.363 e. The second-order valence-electron chi connectivity index (χ2n) is 6.77. The van der Waals surface area contributed by atoms with Crippen LogP contribution in [0, 0.1) is 5.92 Å². The van der Waals surface area contributed by atoms with Crippen LogP contribution in [0.3, 0.4) is 0 Å². The average Bonchev–Trinajstić information content (AvgIpc) is 3.47. The van der Waals surface area contributed by atoms with Crippen LogP contribution in [0.5, 0.6) is 0 Å². The first-order valence-corrected chi connectivity index (χ1v) is 9.20. The van der Waals surface area contributed by atoms with E-state index < -0.39 is 0 Å². The molecule has 1 unspecified atom stereocenters. The van der Waals surface area contributed by atoms with Crippen LogP contribution in [0.4, 0.5) is 11.5 Å². The van der Waals surface area contributed by atoms with Crippen molar-refractivity contribution in [1.29, 1.82) is 0 Å². The van der Waals surface area contributed by atoms with Crippen molar-refractivity contribution in [1.82, 2.24) is 4.98 Å². The third-order valence-electron chi connectivity index (χ3n) is 4.69. The normalized spacial score (nSPS) is 14.8. The Labute approximate surface area is 157 Å². The molecule has 2 N–H and O–H groups in total. The number of pyridine rings is 1. The van der Waals surface area contributed by atoms with Crippen LogP contribution in [0.2, 0.25) is 5.15 Å². The Morgan fingerprint density at radius 2 is 1.88 bits per heavy atom. The van der Waals surface area contributed by atoms with Crippen molar-refractivity contribution < 1.29 is 4.79 Å². The highest BCUT2D eigenvalue weighted by Crippen LogP contribution is 2.31. The van der Waals surface area contributed by atoms with Crippen LogP contribution >= 0.6 is 11.6 Å². The van der Waals surface area contributed by atoms with E-state index in [9.17, 15) is 4.79 Å². The molecule has 4 rings (SSSR count). The number of rotatable bonds is 5. The number of anilines is 2. The number of carbonyl (C=O) groups is 1. The van der Waals surface area contributed by atoms with Gasteiger partial charge in [-0.15, -0.1) is 0 Å². The molecular weight excluding hydrogens is 346 g/mol. The fourth-order valence-corrected chi connectivity index (χ4v) is 3.21. The summed E-state index contributed by atoms with van der Waals surface area (Å²) < 4.78 is 0. The minimum absolute atomic E-state index is 0.0533. The molecule has 1 aromatic heterocycles. The lowest BCUT2D eigenvalue weighted by molar-refractivity contribution is -0.117. The number of nitrogens with one attached hydrogen (secondary N) is 2. The molecule has 3 aromatic rings. The maximum atomic E-state index is 11.8. The third kappa shape index (κ3) is 3.65. The molecule has 5 heteroatoms. The quantitative estimate of drug-likeness (QED) is 0.594. The predicted molar refractivity (Wildman–Crippen MR) is 107 cm³/mol. The zero-order valence-corrected chi connectivity index (χ0v) is 15.3. The van der Waals surface area contributed by atoms with Crippen molar-refractivity contribution >= 4 is 39.8 Å². The van der Waals surface area contributed by atoms with Gasteiger partial charge in [0.05, 0.1) is 0 Å². The molecule has 1 aliphatic carbocycles. The van der Waals surface area contributed by atoms with E-state index in [1.165, 1.54) is 0 Å². The first-order chi connectivity index (χ1) is 12.6. The van der Waals surface area contributed by atoms with Gasteiger partial charge in [0.15, 0.2) is 0 Å². The summed E-state index contributed by atoms with van der Waals surface area (Å²) in [5, 5.41) is 8.97. The summed E-state index contributed by atoms with van der Waals surface area (Å²) in [5.74, 6) is 1.10. The summed E-state index contributed by atoms with van der Waals surface area (Å²) in [6, 6.07) is 17.9. The summed E-state index contributed by atoms with van der Waals surface area (Å²) in [6.45, 7) is 2.08. The van der Waals surface area contributed by atoms with Crippen LogP contribution in [-0.4, -0.2) is 10.9 Å². The van der Waals surface area contributed by atoms with Gasteiger partial charge in [-0.3, -0.25) is 4.79 Å². The second kappa shape index (κ2) is 6.96. The minimum Gasteiger partial charge on any atom is -0.363 e. The number of hydrogen-bond acceptors (Lipinski definition) is 3. The van der Waals surface area contributed by atoms with E-state index in [4.69, 9.17) is 11.6 Å². The predicted octanol–water partition coefficient (Wildman–Crippen LogP) is 5.41. The number of aromatic nitrogens is 1. The van der Waals surface area contributed by atoms with Gasteiger partial charge in [0, 0.05) is 23.0 Å². The molecule has 26 heavy (non-hydrogen) atoms. The van der Waals surface area contributed by atoms with Crippen molar-refractivity contribution in [3.05, 3.63) is 65.3 Å². The Balaban J connectivity index is 1.51. The summed E-state index contributed by atoms with van der Waals surface area (Å²) in [6.07, 6.45) is 2.01. The lowest BCUT2D eigenvalue weighted by atomic mass is 10.1. The third-order valence-corrected chi connectivity index (χ3v) is 4.88. The molecule has 4 nitrogen and oxygen atoms in total. The SMILES string of the molecule is CC(Nc1nc(Cl)cc2ccccc12)c1ccc(NC(=O)C2CC2)cc1. The fraction of sp³-hybridized carbons (Fsp3) is 0.238. The van der Waals surface area contributed by atoms with Gasteiger partial charge in [0.25, 0.3) is 0 Å². The molecule has 1 fully saturated rings. The number of amides is 1. The van der Waals surface area contributed by atoms with Crippen LogP contribution < -0.4 is 10.6 Å². The summed E-state index contributed by atoms with van der Waals surface area (Å²) in [7, 11) is 0. The molecule has 0 radical (unpaired) electrons. The van der Waals surface area contributed by atoms with E-state index in [0.717, 1.165) is 40.7 Å². The van der Waals surface area contributed by atoms with E-state index >= 15 is 0 Å². The summed E-state index contributed by atoms with van der Waals surface area (Å²) in [5.41, 5.74) is 1.95. The second-order valence-corrected chi connectivity index (χ2v) is 7.15. The van der Waals surface area contributed by atoms with Crippen LogP contribution in [0.1, 0.15) is 31.4 Å². The zero-order valence-electron chi connectivity index (χ0n) is 14.5. The Bertz CT molecular complexity index is 951. The van der Waals surface area contributed by atoms with Gasteiger partial charge in [-0.1, -0.05) is 48.0 Å². The molecular formula is C21H20ClN3O. The van der Waals surface area contributed by atoms with Gasteiger partial charge in [-0.25, -0.2) is 4.98 Å². The van der Waals surface area contributed by atoms with E-state index in [1.807, 2.05) is 54.6 Å². The first kappa shape index (κ1) is 16.9. The maximum Gasteiger partial charge on any atom is 0.227 e. The number of benzene rings is 2. The standard InChI is InChI=1S/C21H20ClN3O/c1-13(14-8-10-17(11-9-14)24-21(26)15-6-7-15)23-20-18-5-3-2-4-16(18)12-19(22)25-20/h2-5,8-13,15H,6-7H2,1H3,(H,23,25)(H,24,26). The van der Waals surface area contributed by atoms with E-state index in [-0.39, 0.29) is 17.9 Å². The molecule has 1 amide bonds. The maximum absolute atomic E-state index is 11.8. The zero-order chi connectivity index (χ0) is 18.1. The number of hydrogen-bond donors (Lipinski definition) is 2. The van der Waals surface area contributed by atoms with Crippen LogP contribution in [-0.2, 0) is 4.79 Å². The summed E-state index contributed by atoms with van der Waals surface area (Å²) >= 11 is 6.16. The molecule has 0 bridgehead atoms. The summed E-state index contributed by atoms with van der Waals surface area (Å²) in [4.78, 5) is 16.3. The number of halogens is 1. The number of nitrogens with zero attached hydrogens (tertiary/aromatic N) is 1. The van der Waals surface area contributed by atoms with Gasteiger partial charge in [0.2, 0.25) is 5.91 Å². The minimum atomic E-state index is 0.0533. The fourth-order valence-electron chi connectivity index (χ4n) is 3.01. The average molecular weight is 366 g/mol. The monoisotopic (exact) mass is 365 g/mol. The Morgan fingerprint density at radius 1 is 1.15 bits per heavy atom. The highest BCUT2D eigenvalue weighted by Gasteiger charge is 2.29. The van der Waals surface area contributed by atoms with Crippen molar-refractivity contribution in [3.63, 3.8) is 0 Å². The highest BCUT2D eigenvalue weighted by atomic mass is 35.5. The van der Waals surface area contributed by atoms with Gasteiger partial charge < -0.3 is 10.6 Å². The highest BCUT2D eigenvalue weighted by molar-refractivity contribution is 6.30. The molecule has 1 saturated carbocycles. The molecule has 1 heterocycles. The van der Waals surface area contributed by atoms with Gasteiger partial charge in [0.1, 0.15) is 11.0 Å². The van der Waals surface area contributed by atoms with Crippen molar-refractivity contribution in [3.8, 4) is 0 Å². The van der Waals surface area contributed by atoms with Gasteiger partial charge in [-0.05, 0) is 48.9 Å². The smallest absolute Gasteiger partial charge is 0.227 e. The molecule has 132 valence electrons. The van der Waals surface area contributed by atoms with Gasteiger partial charge >= 0.3 is 0 Å². The van der Waals surface area contributed by atoms with Crippen molar-refractivity contribution in [2.45, 2.75) is 25.8 Å². The molecule has 1 atom stereocenters. The van der Waals surface area contributed by atoms with E-state index in [2.05, 4.69) is 22.5 Å². The molecule has 1 aliphatic rings. The van der Waals surface area contributed by atoms with E-state index in [0.29, 0.717) is 5.15 Å². The number of carbonyl (C=O) groups excluding carboxylic acids is 1. The van der Waals surface area contributed by atoms with Crippen LogP contribution in [0.25, 0.3) is 10.8 Å². The Kier molecular flexibility index (Phi) is 4.51. The Morgan fingerprint density at radius 3 is 2.62 bits per heavy atom. The molecule has 0 spiro atoms. The van der Waals surface area contributed by atoms with Crippen molar-refractivity contribution in [2.75, 3.05) is 10.6 Å². The van der Waals surface area contributed by atoms with E-state index in [1.54, 1.807) is 0 Å². The topological polar surface area (TPSA) is 54.0 Å². The molecule has 2 aromatic carbocycles. The first-order valence-electron chi connectivity index (χ1n) is 8.83. The molecule has 0 saturated heterocycles. The lowest BCUT2D eigenvalue weighted by Crippen LogP contribution is -2.13. The molecule has 0 aliphatic heterocycles. The van der Waals surface area contributed by atoms with Gasteiger partial charge in [-0.2, -0.15) is 0 Å². The lowest BCUT2D eigenvalue weighted by Gasteiger charge is -2.17. The van der Waals surface area contributed by atoms with Crippen molar-refractivity contribution in [2.24, 2.45) is 5.92 Å². The number of fused-ring (bicyclic) bond motifs is 1. The van der Waals surface area contributed by atoms with Crippen LogP contribution in [0.15, 0.2) is 54.6 Å². The Hall–Kier alpha value is -2.59.